The van der Waals surface area contributed by atoms with Crippen molar-refractivity contribution in [2.24, 2.45) is 17.8 Å². The summed E-state index contributed by atoms with van der Waals surface area (Å²) < 4.78 is 35.0. The maximum Gasteiger partial charge on any atom is 0.411 e. The third kappa shape index (κ3) is 6.98. The second-order valence-corrected chi connectivity index (χ2v) is 14.2. The fourth-order valence-corrected chi connectivity index (χ4v) is 7.53. The highest BCUT2D eigenvalue weighted by Crippen LogP contribution is 2.47. The zero-order valence-corrected chi connectivity index (χ0v) is 29.7. The minimum atomic E-state index is -3.06. The summed E-state index contributed by atoms with van der Waals surface area (Å²) >= 11 is 1.45. The van der Waals surface area contributed by atoms with E-state index in [1.807, 2.05) is 5.38 Å². The molecule has 1 unspecified atom stereocenters. The van der Waals surface area contributed by atoms with Crippen LogP contribution in [0.1, 0.15) is 67.7 Å². The number of alkyl halides is 1. The normalized spacial score (nSPS) is 34.5. The van der Waals surface area contributed by atoms with Crippen LogP contribution in [0.5, 0.6) is 0 Å². The number of Topliss-reactive ketones (excluding diaryl/α,β-unsaturated/α-hetero) is 2. The van der Waals surface area contributed by atoms with Crippen LogP contribution in [-0.4, -0.2) is 99.5 Å². The zero-order valence-electron chi connectivity index (χ0n) is 28.8. The van der Waals surface area contributed by atoms with Crippen molar-refractivity contribution in [3.63, 3.8) is 0 Å². The monoisotopic (exact) mass is 685 g/mol. The van der Waals surface area contributed by atoms with Crippen LogP contribution in [0.4, 0.5) is 9.18 Å². The molecular weight excluding hydrogens is 640 g/mol. The van der Waals surface area contributed by atoms with E-state index >= 15 is 4.39 Å². The van der Waals surface area contributed by atoms with Crippen molar-refractivity contribution in [3.8, 4) is 10.7 Å². The van der Waals surface area contributed by atoms with Crippen LogP contribution in [0.3, 0.4) is 0 Å². The van der Waals surface area contributed by atoms with E-state index in [0.29, 0.717) is 12.2 Å². The van der Waals surface area contributed by atoms with Crippen LogP contribution in [0.25, 0.3) is 10.7 Å². The lowest BCUT2D eigenvalue weighted by atomic mass is 9.53. The van der Waals surface area contributed by atoms with Gasteiger partial charge in [-0.2, -0.15) is 0 Å². The summed E-state index contributed by atoms with van der Waals surface area (Å²) in [6.45, 7) is 11.2. The predicted molar refractivity (Wildman–Crippen MR) is 177 cm³/mol. The lowest BCUT2D eigenvalue weighted by molar-refractivity contribution is -0.180. The highest BCUT2D eigenvalue weighted by molar-refractivity contribution is 7.13. The Kier molecular flexibility index (Phi) is 11.3. The first-order valence-corrected chi connectivity index (χ1v) is 17.1. The number of ether oxygens (including phenoxy) is 3. The van der Waals surface area contributed by atoms with E-state index in [9.17, 15) is 19.2 Å². The number of esters is 1. The Hall–Kier alpha value is -3.46. The van der Waals surface area contributed by atoms with Crippen LogP contribution in [0.2, 0.25) is 5.31 Å². The molecule has 0 aromatic carbocycles. The van der Waals surface area contributed by atoms with Gasteiger partial charge in [0.25, 0.3) is 5.67 Å². The number of thiazole rings is 1. The first kappa shape index (κ1) is 37.4. The van der Waals surface area contributed by atoms with E-state index in [1.165, 1.54) is 30.3 Å². The van der Waals surface area contributed by atoms with Crippen molar-refractivity contribution < 1.29 is 37.8 Å². The number of rotatable bonds is 8. The molecule has 2 radical (unpaired) electrons. The molecule has 15 heteroatoms. The minimum absolute atomic E-state index is 0.0671. The molecule has 4 heterocycles. The van der Waals surface area contributed by atoms with Crippen LogP contribution in [0.15, 0.2) is 29.9 Å². The number of carbonyl (C=O) groups is 4. The van der Waals surface area contributed by atoms with Gasteiger partial charge in [0.2, 0.25) is 0 Å². The summed E-state index contributed by atoms with van der Waals surface area (Å²) in [6, 6.07) is -0.894. The first-order valence-electron chi connectivity index (χ1n) is 16.3. The molecule has 2 aromatic rings. The van der Waals surface area contributed by atoms with Gasteiger partial charge in [-0.3, -0.25) is 14.5 Å². The maximum absolute atomic E-state index is 16.2. The van der Waals surface area contributed by atoms with Gasteiger partial charge in [-0.1, -0.05) is 51.5 Å². The molecule has 0 spiro atoms. The number of halogens is 1. The fourth-order valence-electron chi connectivity index (χ4n) is 6.95. The number of nitrogens with zero attached hydrogens (tertiary/aromatic N) is 5. The lowest BCUT2D eigenvalue weighted by Gasteiger charge is -2.44. The Bertz CT molecular complexity index is 1520. The van der Waals surface area contributed by atoms with Gasteiger partial charge in [0.05, 0.1) is 32.7 Å². The highest BCUT2D eigenvalue weighted by Gasteiger charge is 2.61. The number of cyclic esters (lactones) is 1. The van der Waals surface area contributed by atoms with E-state index < -0.39 is 70.4 Å². The van der Waals surface area contributed by atoms with Gasteiger partial charge >= 0.3 is 12.1 Å². The molecular formula is C33H45BFN5O7S. The lowest BCUT2D eigenvalue weighted by Crippen LogP contribution is -2.59. The molecule has 2 fully saturated rings. The zero-order chi connectivity index (χ0) is 35.6. The van der Waals surface area contributed by atoms with Crippen LogP contribution in [0, 0.1) is 17.8 Å². The number of fused-ring (bicyclic) bond motifs is 1. The maximum atomic E-state index is 16.2. The van der Waals surface area contributed by atoms with E-state index in [-0.39, 0.29) is 31.6 Å². The number of allylic oxidation sites excluding steroid dienone is 1. The van der Waals surface area contributed by atoms with Crippen molar-refractivity contribution in [1.82, 2.24) is 24.9 Å². The minimum Gasteiger partial charge on any atom is -0.455 e. The van der Waals surface area contributed by atoms with E-state index in [1.54, 1.807) is 63.8 Å². The number of methoxy groups -OCH3 is 1. The summed E-state index contributed by atoms with van der Waals surface area (Å²) in [5.74, 6) is -5.11. The van der Waals surface area contributed by atoms with Gasteiger partial charge < -0.3 is 14.2 Å². The standard InChI is InChI=1S/C33H45BFN5O7S/c1-9-24-32(7)26(40(30(44)47-32)16-11-10-15-39-18-23(37-38-39)28-36-14-17-48-28)20(3)25(41)19(2)12-13-33(34,22(5)45-8)21(4)27(42)31(6,35)29(43)46-24/h10-11,14,17-22,24,26H,9,12-13,15-16H2,1-8H3/b11-10+/t19-,20+,21+,22?,24-,26-,31+,32-,33+/m1/s1. The molecule has 0 N–H and O–H groups in total. The molecule has 4 rings (SSSR count). The van der Waals surface area contributed by atoms with Crippen molar-refractivity contribution in [3.05, 3.63) is 29.9 Å². The average molecular weight is 686 g/mol. The molecule has 0 bridgehead atoms. The largest absolute Gasteiger partial charge is 0.455 e. The molecule has 2 aromatic heterocycles. The predicted octanol–water partition coefficient (Wildman–Crippen LogP) is 4.79. The van der Waals surface area contributed by atoms with Gasteiger partial charge in [0.1, 0.15) is 22.6 Å². The molecule has 1 amide bonds. The second kappa shape index (κ2) is 14.6. The Balaban J connectivity index is 1.67. The Labute approximate surface area is 286 Å². The molecule has 260 valence electrons. The van der Waals surface area contributed by atoms with E-state index in [4.69, 9.17) is 22.1 Å². The average Bonchev–Trinajstić information content (AvgIpc) is 3.82. The molecule has 9 atom stereocenters. The number of hydrogen-bond donors (Lipinski definition) is 0. The molecule has 12 nitrogen and oxygen atoms in total. The van der Waals surface area contributed by atoms with Crippen molar-refractivity contribution in [2.45, 2.75) is 109 Å². The van der Waals surface area contributed by atoms with Gasteiger partial charge in [0, 0.05) is 43.0 Å². The van der Waals surface area contributed by atoms with E-state index in [2.05, 4.69) is 15.3 Å². The summed E-state index contributed by atoms with van der Waals surface area (Å²) in [6.07, 6.45) is 4.91. The number of carbonyl (C=O) groups excluding carboxylic acids is 4. The van der Waals surface area contributed by atoms with Crippen LogP contribution in [-0.2, 0) is 35.1 Å². The smallest absolute Gasteiger partial charge is 0.411 e. The molecule has 48 heavy (non-hydrogen) atoms. The summed E-state index contributed by atoms with van der Waals surface area (Å²) in [4.78, 5) is 60.3. The summed E-state index contributed by atoms with van der Waals surface area (Å²) in [7, 11) is 8.20. The van der Waals surface area contributed by atoms with Gasteiger partial charge in [-0.25, -0.2) is 23.6 Å². The number of hydrogen-bond acceptors (Lipinski definition) is 11. The molecule has 2 saturated heterocycles. The third-order valence-electron chi connectivity index (χ3n) is 10.2. The fraction of sp³-hybridized carbons (Fsp3) is 0.667. The number of amides is 1. The van der Waals surface area contributed by atoms with Gasteiger partial charge in [-0.15, -0.1) is 16.4 Å². The molecule has 0 aliphatic carbocycles. The second-order valence-electron chi connectivity index (χ2n) is 13.3. The Morgan fingerprint density at radius 3 is 2.50 bits per heavy atom. The Morgan fingerprint density at radius 1 is 1.19 bits per heavy atom. The molecule has 2 aliphatic heterocycles. The van der Waals surface area contributed by atoms with Crippen LogP contribution < -0.4 is 0 Å². The quantitative estimate of drug-likeness (QED) is 0.165. The van der Waals surface area contributed by atoms with E-state index in [0.717, 1.165) is 11.9 Å². The van der Waals surface area contributed by atoms with Crippen LogP contribution >= 0.6 is 11.3 Å². The van der Waals surface area contributed by atoms with Gasteiger partial charge in [0.15, 0.2) is 11.4 Å². The van der Waals surface area contributed by atoms with Crippen molar-refractivity contribution in [2.75, 3.05) is 13.7 Å². The van der Waals surface area contributed by atoms with Crippen molar-refractivity contribution in [1.29, 1.82) is 0 Å². The number of ketones is 2. The molecule has 0 saturated carbocycles. The first-order chi connectivity index (χ1) is 22.5. The summed E-state index contributed by atoms with van der Waals surface area (Å²) in [5, 5.41) is 9.47. The van der Waals surface area contributed by atoms with Gasteiger partial charge in [-0.05, 0) is 38.9 Å². The molecule has 2 aliphatic rings. The van der Waals surface area contributed by atoms with Crippen molar-refractivity contribution >= 4 is 42.8 Å². The Morgan fingerprint density at radius 2 is 1.88 bits per heavy atom. The SMILES string of the molecule is [B][C@@]1(C(C)OC)CC[C@@H](C)C(=O)[C@H](C)[C@H]2N(C/C=C/Cn3cc(-c4nccs4)nn3)C(=O)O[C@]2(C)[C@@H](CC)OC(=O)[C@@](C)(F)C(=O)[C@@H]1C. The third-order valence-corrected chi connectivity index (χ3v) is 11.0. The summed E-state index contributed by atoms with van der Waals surface area (Å²) in [5.41, 5.74) is -3.96. The topological polar surface area (TPSA) is 143 Å². The highest BCUT2D eigenvalue weighted by atomic mass is 32.1. The number of aromatic nitrogens is 4.